The first-order chi connectivity index (χ1) is 9.21. The summed E-state index contributed by atoms with van der Waals surface area (Å²) in [7, 11) is 0. The second-order valence-corrected chi connectivity index (χ2v) is 5.45. The molecular formula is C14H20N2O3. The van der Waals surface area contributed by atoms with Gasteiger partial charge < -0.3 is 19.7 Å². The Morgan fingerprint density at radius 1 is 1.47 bits per heavy atom. The SMILES string of the molecule is O=C(c1ccc[nH]1)N1CCC2(CC1)OCCCC2O. The summed E-state index contributed by atoms with van der Waals surface area (Å²) in [6.45, 7) is 2.02. The minimum absolute atomic E-state index is 0.0325. The van der Waals surface area contributed by atoms with Gasteiger partial charge >= 0.3 is 0 Å². The molecule has 2 aliphatic heterocycles. The van der Waals surface area contributed by atoms with Gasteiger partial charge in [-0.05, 0) is 37.8 Å². The van der Waals surface area contributed by atoms with Crippen LogP contribution in [0.15, 0.2) is 18.3 Å². The molecule has 5 nitrogen and oxygen atoms in total. The highest BCUT2D eigenvalue weighted by Crippen LogP contribution is 2.35. The van der Waals surface area contributed by atoms with E-state index in [0.717, 1.165) is 32.3 Å². The highest BCUT2D eigenvalue weighted by Gasteiger charge is 2.44. The Hall–Kier alpha value is -1.33. The number of likely N-dealkylation sites (tertiary alicyclic amines) is 1. The van der Waals surface area contributed by atoms with Crippen LogP contribution >= 0.6 is 0 Å². The summed E-state index contributed by atoms with van der Waals surface area (Å²) in [6.07, 6.45) is 4.55. The molecule has 0 radical (unpaired) electrons. The number of rotatable bonds is 1. The zero-order chi connectivity index (χ0) is 13.3. The van der Waals surface area contributed by atoms with Crippen LogP contribution in [0.1, 0.15) is 36.2 Å². The Morgan fingerprint density at radius 3 is 2.89 bits per heavy atom. The smallest absolute Gasteiger partial charge is 0.270 e. The number of ether oxygens (including phenoxy) is 1. The van der Waals surface area contributed by atoms with Crippen molar-refractivity contribution in [3.63, 3.8) is 0 Å². The number of aliphatic hydroxyl groups is 1. The molecule has 0 saturated carbocycles. The molecule has 2 fully saturated rings. The predicted octanol–water partition coefficient (Wildman–Crippen LogP) is 1.16. The Morgan fingerprint density at radius 2 is 2.26 bits per heavy atom. The minimum Gasteiger partial charge on any atom is -0.390 e. The largest absolute Gasteiger partial charge is 0.390 e. The van der Waals surface area contributed by atoms with Crippen LogP contribution in [0.25, 0.3) is 0 Å². The predicted molar refractivity (Wildman–Crippen MR) is 69.9 cm³/mol. The van der Waals surface area contributed by atoms with E-state index in [1.165, 1.54) is 0 Å². The number of aromatic nitrogens is 1. The van der Waals surface area contributed by atoms with Crippen LogP contribution in [0.3, 0.4) is 0 Å². The fourth-order valence-electron chi connectivity index (χ4n) is 3.11. The summed E-state index contributed by atoms with van der Waals surface area (Å²) in [6, 6.07) is 3.62. The molecule has 2 N–H and O–H groups in total. The fourth-order valence-corrected chi connectivity index (χ4v) is 3.11. The van der Waals surface area contributed by atoms with Gasteiger partial charge in [-0.15, -0.1) is 0 Å². The van der Waals surface area contributed by atoms with Crippen molar-refractivity contribution in [3.05, 3.63) is 24.0 Å². The molecule has 1 spiro atoms. The quantitative estimate of drug-likeness (QED) is 0.800. The monoisotopic (exact) mass is 264 g/mol. The lowest BCUT2D eigenvalue weighted by molar-refractivity contribution is -0.174. The Kier molecular flexibility index (Phi) is 3.33. The van der Waals surface area contributed by atoms with Crippen molar-refractivity contribution in [2.75, 3.05) is 19.7 Å². The zero-order valence-corrected chi connectivity index (χ0v) is 11.0. The van der Waals surface area contributed by atoms with E-state index in [-0.39, 0.29) is 12.0 Å². The molecular weight excluding hydrogens is 244 g/mol. The molecule has 0 bridgehead atoms. The molecule has 0 aliphatic carbocycles. The number of nitrogens with one attached hydrogen (secondary N) is 1. The van der Waals surface area contributed by atoms with Crippen molar-refractivity contribution < 1.29 is 14.6 Å². The van der Waals surface area contributed by atoms with Crippen LogP contribution in [0.5, 0.6) is 0 Å². The highest BCUT2D eigenvalue weighted by molar-refractivity contribution is 5.92. The first-order valence-electron chi connectivity index (χ1n) is 6.96. The molecule has 5 heteroatoms. The number of carbonyl (C=O) groups excluding carboxylic acids is 1. The van der Waals surface area contributed by atoms with Gasteiger partial charge in [-0.1, -0.05) is 0 Å². The van der Waals surface area contributed by atoms with Crippen molar-refractivity contribution >= 4 is 5.91 Å². The van der Waals surface area contributed by atoms with E-state index in [1.807, 2.05) is 11.0 Å². The molecule has 0 aromatic carbocycles. The van der Waals surface area contributed by atoms with Gasteiger partial charge in [0.25, 0.3) is 5.91 Å². The number of nitrogens with zero attached hydrogens (tertiary/aromatic N) is 1. The van der Waals surface area contributed by atoms with Crippen LogP contribution in [-0.4, -0.2) is 52.3 Å². The second-order valence-electron chi connectivity index (χ2n) is 5.45. The molecule has 19 heavy (non-hydrogen) atoms. The molecule has 3 rings (SSSR count). The third-order valence-electron chi connectivity index (χ3n) is 4.34. The van der Waals surface area contributed by atoms with E-state index in [2.05, 4.69) is 4.98 Å². The molecule has 1 aromatic rings. The Bertz CT molecular complexity index is 436. The van der Waals surface area contributed by atoms with Crippen molar-refractivity contribution in [3.8, 4) is 0 Å². The van der Waals surface area contributed by atoms with Crippen molar-refractivity contribution in [1.29, 1.82) is 0 Å². The standard InChI is InChI=1S/C14H20N2O3/c17-12-4-2-10-19-14(12)5-8-16(9-6-14)13(18)11-3-1-7-15-11/h1,3,7,12,15,17H,2,4-6,8-10H2. The first kappa shape index (κ1) is 12.7. The summed E-state index contributed by atoms with van der Waals surface area (Å²) >= 11 is 0. The topological polar surface area (TPSA) is 65.6 Å². The average Bonchev–Trinajstić information content (AvgIpc) is 2.96. The van der Waals surface area contributed by atoms with E-state index >= 15 is 0 Å². The second kappa shape index (κ2) is 4.98. The van der Waals surface area contributed by atoms with Gasteiger partial charge in [-0.3, -0.25) is 4.79 Å². The summed E-state index contributed by atoms with van der Waals surface area (Å²) < 4.78 is 5.84. The Balaban J connectivity index is 1.64. The average molecular weight is 264 g/mol. The number of carbonyl (C=O) groups is 1. The third-order valence-corrected chi connectivity index (χ3v) is 4.34. The maximum absolute atomic E-state index is 12.2. The van der Waals surface area contributed by atoms with E-state index in [0.29, 0.717) is 18.8 Å². The number of hydrogen-bond acceptors (Lipinski definition) is 3. The van der Waals surface area contributed by atoms with Gasteiger partial charge in [0.2, 0.25) is 0 Å². The maximum atomic E-state index is 12.2. The molecule has 1 aromatic heterocycles. The third kappa shape index (κ3) is 2.28. The zero-order valence-electron chi connectivity index (χ0n) is 11.0. The van der Waals surface area contributed by atoms with Crippen LogP contribution in [-0.2, 0) is 4.74 Å². The van der Waals surface area contributed by atoms with Crippen LogP contribution < -0.4 is 0 Å². The van der Waals surface area contributed by atoms with Gasteiger partial charge in [0.15, 0.2) is 0 Å². The molecule has 104 valence electrons. The number of aromatic amines is 1. The van der Waals surface area contributed by atoms with Gasteiger partial charge in [-0.2, -0.15) is 0 Å². The maximum Gasteiger partial charge on any atom is 0.270 e. The highest BCUT2D eigenvalue weighted by atomic mass is 16.5. The van der Waals surface area contributed by atoms with Crippen molar-refractivity contribution in [2.24, 2.45) is 0 Å². The van der Waals surface area contributed by atoms with Crippen LogP contribution in [0, 0.1) is 0 Å². The lowest BCUT2D eigenvalue weighted by Gasteiger charge is -2.46. The molecule has 3 heterocycles. The van der Waals surface area contributed by atoms with Crippen molar-refractivity contribution in [1.82, 2.24) is 9.88 Å². The van der Waals surface area contributed by atoms with E-state index in [1.54, 1.807) is 12.3 Å². The van der Waals surface area contributed by atoms with Gasteiger partial charge in [0, 0.05) is 25.9 Å². The van der Waals surface area contributed by atoms with Crippen LogP contribution in [0.2, 0.25) is 0 Å². The number of aliphatic hydroxyl groups excluding tert-OH is 1. The summed E-state index contributed by atoms with van der Waals surface area (Å²) in [4.78, 5) is 17.0. The molecule has 1 amide bonds. The summed E-state index contributed by atoms with van der Waals surface area (Å²) in [5.41, 5.74) is 0.214. The fraction of sp³-hybridized carbons (Fsp3) is 0.643. The Labute approximate surface area is 112 Å². The number of hydrogen-bond donors (Lipinski definition) is 2. The molecule has 1 atom stereocenters. The lowest BCUT2D eigenvalue weighted by Crippen LogP contribution is -2.56. The normalized spacial score (nSPS) is 26.6. The first-order valence-corrected chi connectivity index (χ1v) is 6.96. The van der Waals surface area contributed by atoms with Gasteiger partial charge in [-0.25, -0.2) is 0 Å². The van der Waals surface area contributed by atoms with E-state index < -0.39 is 5.60 Å². The number of amides is 1. The van der Waals surface area contributed by atoms with Gasteiger partial charge in [0.05, 0.1) is 11.7 Å². The molecule has 2 aliphatic rings. The van der Waals surface area contributed by atoms with Gasteiger partial charge in [0.1, 0.15) is 5.69 Å². The number of H-pyrrole nitrogens is 1. The minimum atomic E-state index is -0.412. The van der Waals surface area contributed by atoms with E-state index in [9.17, 15) is 9.90 Å². The van der Waals surface area contributed by atoms with E-state index in [4.69, 9.17) is 4.74 Å². The van der Waals surface area contributed by atoms with Crippen molar-refractivity contribution in [2.45, 2.75) is 37.4 Å². The summed E-state index contributed by atoms with van der Waals surface area (Å²) in [5, 5.41) is 10.2. The number of piperidine rings is 1. The summed E-state index contributed by atoms with van der Waals surface area (Å²) in [5.74, 6) is 0.0325. The molecule has 1 unspecified atom stereocenters. The molecule has 2 saturated heterocycles. The van der Waals surface area contributed by atoms with Crippen LogP contribution in [0.4, 0.5) is 0 Å². The lowest BCUT2D eigenvalue weighted by atomic mass is 9.82.